The number of hydrogen-bond donors (Lipinski definition) is 0. The van der Waals surface area contributed by atoms with Gasteiger partial charge in [-0.1, -0.05) is 23.7 Å². The van der Waals surface area contributed by atoms with E-state index in [9.17, 15) is 13.2 Å². The van der Waals surface area contributed by atoms with E-state index in [1.54, 1.807) is 30.3 Å². The van der Waals surface area contributed by atoms with Gasteiger partial charge in [0.05, 0.1) is 16.2 Å². The Labute approximate surface area is 134 Å². The Morgan fingerprint density at radius 1 is 1.13 bits per heavy atom. The molecular weight excluding hydrogens is 327 g/mol. The zero-order valence-electron chi connectivity index (χ0n) is 11.6. The molecule has 1 atom stereocenters. The van der Waals surface area contributed by atoms with E-state index in [1.165, 1.54) is 18.5 Å². The van der Waals surface area contributed by atoms with E-state index in [-0.39, 0.29) is 11.3 Å². The highest BCUT2D eigenvalue weighted by molar-refractivity contribution is 6.35. The Kier molecular flexibility index (Phi) is 3.95. The summed E-state index contributed by atoms with van der Waals surface area (Å²) in [6.45, 7) is 0. The second-order valence-corrected chi connectivity index (χ2v) is 5.36. The molecule has 3 nitrogen and oxygen atoms in total. The fraction of sp³-hybridized carbons (Fsp3) is 0.125. The number of halogens is 4. The van der Waals surface area contributed by atoms with Crippen molar-refractivity contribution in [1.82, 2.24) is 9.97 Å². The molecule has 0 saturated carbocycles. The summed E-state index contributed by atoms with van der Waals surface area (Å²) >= 11 is 6.09. The van der Waals surface area contributed by atoms with E-state index < -0.39 is 12.2 Å². The maximum atomic E-state index is 13.1. The van der Waals surface area contributed by atoms with Gasteiger partial charge in [0.15, 0.2) is 0 Å². The second-order valence-electron chi connectivity index (χ2n) is 4.95. The lowest BCUT2D eigenvalue weighted by Crippen LogP contribution is -2.18. The first-order chi connectivity index (χ1) is 10.9. The summed E-state index contributed by atoms with van der Waals surface area (Å²) in [5.41, 5.74) is 8.21. The van der Waals surface area contributed by atoms with Crippen molar-refractivity contribution in [3.8, 4) is 11.3 Å². The molecule has 0 amide bonds. The summed E-state index contributed by atoms with van der Waals surface area (Å²) in [5, 5.41) is 0.800. The van der Waals surface area contributed by atoms with Gasteiger partial charge in [-0.25, -0.2) is 4.98 Å². The highest BCUT2D eigenvalue weighted by atomic mass is 35.5. The van der Waals surface area contributed by atoms with Crippen molar-refractivity contribution in [2.75, 3.05) is 0 Å². The number of nitrogens with zero attached hydrogens (tertiary/aromatic N) is 2. The highest BCUT2D eigenvalue weighted by Gasteiger charge is 2.34. The van der Waals surface area contributed by atoms with Crippen LogP contribution in [0.25, 0.3) is 27.9 Å². The van der Waals surface area contributed by atoms with Crippen LogP contribution < -0.4 is 0 Å². The lowest BCUT2D eigenvalue weighted by atomic mass is 9.98. The summed E-state index contributed by atoms with van der Waals surface area (Å²) in [5.74, 6) is 0. The zero-order valence-corrected chi connectivity index (χ0v) is 12.4. The molecule has 0 saturated heterocycles. The Bertz CT molecular complexity index is 850. The molecule has 0 radical (unpaired) electrons. The molecule has 0 aliphatic heterocycles. The minimum atomic E-state index is -4.69. The molecular formula is C16H10ClF3N3-. The molecule has 3 rings (SSSR count). The van der Waals surface area contributed by atoms with Crippen molar-refractivity contribution in [1.29, 1.82) is 0 Å². The molecule has 7 heteroatoms. The van der Waals surface area contributed by atoms with Gasteiger partial charge in [-0.05, 0) is 35.9 Å². The van der Waals surface area contributed by atoms with Crippen molar-refractivity contribution in [2.24, 2.45) is 0 Å². The van der Waals surface area contributed by atoms with Gasteiger partial charge < -0.3 is 5.73 Å². The second kappa shape index (κ2) is 5.79. The number of rotatable bonds is 2. The molecule has 23 heavy (non-hydrogen) atoms. The molecule has 2 aromatic heterocycles. The first kappa shape index (κ1) is 15.7. The molecule has 0 unspecified atom stereocenters. The summed E-state index contributed by atoms with van der Waals surface area (Å²) in [6, 6.07) is 7.00. The number of pyridine rings is 2. The Morgan fingerprint density at radius 3 is 2.57 bits per heavy atom. The third-order valence-corrected chi connectivity index (χ3v) is 3.70. The van der Waals surface area contributed by atoms with Gasteiger partial charge in [0, 0.05) is 23.3 Å². The van der Waals surface area contributed by atoms with E-state index in [1.807, 2.05) is 0 Å². The standard InChI is InChI=1S/C16H10ClF3N3/c17-12-5-1-3-9-7-11(15(21)16(18,19)20)13(23-14(9)12)10-4-2-6-22-8-10/h1-8,15,21H/q-1/t15-/m1/s1. The maximum Gasteiger partial charge on any atom is 0.377 e. The van der Waals surface area contributed by atoms with Crippen LogP contribution in [0.15, 0.2) is 48.8 Å². The predicted molar refractivity (Wildman–Crippen MR) is 83.1 cm³/mol. The number of benzene rings is 1. The summed E-state index contributed by atoms with van der Waals surface area (Å²) in [7, 11) is 0. The Morgan fingerprint density at radius 2 is 1.91 bits per heavy atom. The van der Waals surface area contributed by atoms with Crippen molar-refractivity contribution < 1.29 is 13.2 Å². The predicted octanol–water partition coefficient (Wildman–Crippen LogP) is 5.61. The fourth-order valence-corrected chi connectivity index (χ4v) is 2.53. The summed E-state index contributed by atoms with van der Waals surface area (Å²) in [6.07, 6.45) is -1.76. The number of hydrogen-bond acceptors (Lipinski definition) is 2. The monoisotopic (exact) mass is 336 g/mol. The number of para-hydroxylation sites is 1. The third-order valence-electron chi connectivity index (χ3n) is 3.40. The van der Waals surface area contributed by atoms with E-state index in [0.29, 0.717) is 21.5 Å². The minimum Gasteiger partial charge on any atom is -0.663 e. The van der Waals surface area contributed by atoms with Gasteiger partial charge in [0.25, 0.3) is 0 Å². The molecule has 0 bridgehead atoms. The van der Waals surface area contributed by atoms with Gasteiger partial charge in [-0.15, -0.1) is 0 Å². The normalized spacial score (nSPS) is 13.3. The van der Waals surface area contributed by atoms with Crippen LogP contribution in [-0.2, 0) is 0 Å². The number of alkyl halides is 3. The first-order valence-electron chi connectivity index (χ1n) is 6.65. The molecule has 1 N–H and O–H groups in total. The van der Waals surface area contributed by atoms with Crippen LogP contribution in [-0.4, -0.2) is 16.1 Å². The van der Waals surface area contributed by atoms with Crippen molar-refractivity contribution in [2.45, 2.75) is 12.2 Å². The molecule has 1 aromatic carbocycles. The molecule has 118 valence electrons. The maximum absolute atomic E-state index is 13.1. The Balaban J connectivity index is 2.32. The fourth-order valence-electron chi connectivity index (χ4n) is 2.31. The van der Waals surface area contributed by atoms with Crippen LogP contribution in [0.1, 0.15) is 11.6 Å². The average Bonchev–Trinajstić information content (AvgIpc) is 2.53. The van der Waals surface area contributed by atoms with Crippen LogP contribution in [0.5, 0.6) is 0 Å². The topological polar surface area (TPSA) is 49.6 Å². The van der Waals surface area contributed by atoms with E-state index in [0.717, 1.165) is 0 Å². The van der Waals surface area contributed by atoms with Crippen molar-refractivity contribution in [3.63, 3.8) is 0 Å². The van der Waals surface area contributed by atoms with Gasteiger partial charge >= 0.3 is 6.18 Å². The highest BCUT2D eigenvalue weighted by Crippen LogP contribution is 2.40. The lowest BCUT2D eigenvalue weighted by Gasteiger charge is -2.26. The third kappa shape index (κ3) is 3.00. The van der Waals surface area contributed by atoms with Gasteiger partial charge in [-0.3, -0.25) is 4.98 Å². The minimum absolute atomic E-state index is 0.0658. The molecule has 3 aromatic rings. The Hall–Kier alpha value is -2.18. The average molecular weight is 337 g/mol. The van der Waals surface area contributed by atoms with E-state index in [4.69, 9.17) is 17.3 Å². The van der Waals surface area contributed by atoms with E-state index in [2.05, 4.69) is 9.97 Å². The molecule has 2 heterocycles. The lowest BCUT2D eigenvalue weighted by molar-refractivity contribution is -0.139. The first-order valence-corrected chi connectivity index (χ1v) is 7.03. The van der Waals surface area contributed by atoms with Gasteiger partial charge in [-0.2, -0.15) is 13.2 Å². The van der Waals surface area contributed by atoms with Crippen LogP contribution in [0.2, 0.25) is 5.02 Å². The van der Waals surface area contributed by atoms with Crippen LogP contribution >= 0.6 is 11.6 Å². The molecule has 0 aliphatic carbocycles. The van der Waals surface area contributed by atoms with Crippen molar-refractivity contribution >= 4 is 22.5 Å². The summed E-state index contributed by atoms with van der Waals surface area (Å²) < 4.78 is 39.2. The smallest absolute Gasteiger partial charge is 0.377 e. The molecule has 0 fully saturated rings. The summed E-state index contributed by atoms with van der Waals surface area (Å²) in [4.78, 5) is 8.20. The SMILES string of the molecule is [NH-][C@H](c1cc2cccc(Cl)c2nc1-c1cccnc1)C(F)(F)F. The van der Waals surface area contributed by atoms with Gasteiger partial charge in [0.1, 0.15) is 0 Å². The van der Waals surface area contributed by atoms with E-state index >= 15 is 0 Å². The van der Waals surface area contributed by atoms with Crippen LogP contribution in [0.3, 0.4) is 0 Å². The zero-order chi connectivity index (χ0) is 16.6. The molecule has 0 spiro atoms. The quantitative estimate of drug-likeness (QED) is 0.611. The number of aromatic nitrogens is 2. The number of nitrogens with one attached hydrogen (secondary N) is 1. The number of fused-ring (bicyclic) bond motifs is 1. The van der Waals surface area contributed by atoms with Crippen LogP contribution in [0.4, 0.5) is 13.2 Å². The van der Waals surface area contributed by atoms with Crippen molar-refractivity contribution in [3.05, 3.63) is 65.1 Å². The largest absolute Gasteiger partial charge is 0.663 e. The van der Waals surface area contributed by atoms with Crippen LogP contribution in [0, 0.1) is 0 Å². The molecule has 0 aliphatic rings. The van der Waals surface area contributed by atoms with Gasteiger partial charge in [0.2, 0.25) is 0 Å².